The van der Waals surface area contributed by atoms with Gasteiger partial charge in [0.05, 0.1) is 12.2 Å². The Hall–Kier alpha value is -2.31. The summed E-state index contributed by atoms with van der Waals surface area (Å²) in [7, 11) is 0. The highest BCUT2D eigenvalue weighted by Gasteiger charge is 2.24. The molecule has 7 nitrogen and oxygen atoms in total. The summed E-state index contributed by atoms with van der Waals surface area (Å²) in [6.45, 7) is 7.10. The fraction of sp³-hybridized carbons (Fsp3) is 0.632. The molecule has 26 heavy (non-hydrogen) atoms. The smallest absolute Gasteiger partial charge is 0.339 e. The van der Waals surface area contributed by atoms with Crippen LogP contribution in [0, 0.1) is 13.8 Å². The van der Waals surface area contributed by atoms with E-state index >= 15 is 0 Å². The summed E-state index contributed by atoms with van der Waals surface area (Å²) >= 11 is 0. The van der Waals surface area contributed by atoms with E-state index < -0.39 is 18.0 Å². The molecule has 0 aromatic carbocycles. The number of nitrogens with zero attached hydrogens (tertiary/aromatic N) is 1. The van der Waals surface area contributed by atoms with E-state index in [0.29, 0.717) is 11.3 Å². The lowest BCUT2D eigenvalue weighted by atomic mass is 10.2. The molecular weight excluding hydrogens is 336 g/mol. The minimum Gasteiger partial charge on any atom is -0.462 e. The molecule has 144 valence electrons. The van der Waals surface area contributed by atoms with Gasteiger partial charge in [-0.25, -0.2) is 4.79 Å². The molecule has 0 spiro atoms. The first-order chi connectivity index (χ1) is 12.3. The monoisotopic (exact) mass is 364 g/mol. The summed E-state index contributed by atoms with van der Waals surface area (Å²) in [6.07, 6.45) is 3.35. The van der Waals surface area contributed by atoms with Crippen LogP contribution in [0.3, 0.4) is 0 Å². The van der Waals surface area contributed by atoms with Gasteiger partial charge in [0.2, 0.25) is 0 Å². The average Bonchev–Trinajstić information content (AvgIpc) is 3.18. The minimum atomic E-state index is -0.844. The van der Waals surface area contributed by atoms with E-state index in [1.807, 2.05) is 0 Å². The SMILES string of the molecule is CCOC(=O)c1cc(C)n(CC(=O)OC(C)C(=O)NC2CCCC2)c1C. The third-order valence-electron chi connectivity index (χ3n) is 4.74. The number of aromatic nitrogens is 1. The van der Waals surface area contributed by atoms with Crippen molar-refractivity contribution < 1.29 is 23.9 Å². The number of carbonyl (C=O) groups excluding carboxylic acids is 3. The zero-order valence-electron chi connectivity index (χ0n) is 16.0. The summed E-state index contributed by atoms with van der Waals surface area (Å²) in [5.41, 5.74) is 1.83. The molecule has 1 unspecified atom stereocenters. The van der Waals surface area contributed by atoms with Crippen LogP contribution in [-0.4, -0.2) is 41.2 Å². The number of nitrogens with one attached hydrogen (secondary N) is 1. The highest BCUT2D eigenvalue weighted by Crippen LogP contribution is 2.18. The van der Waals surface area contributed by atoms with E-state index in [1.165, 1.54) is 0 Å². The first-order valence-electron chi connectivity index (χ1n) is 9.17. The molecule has 1 heterocycles. The van der Waals surface area contributed by atoms with Crippen molar-refractivity contribution in [3.05, 3.63) is 23.0 Å². The van der Waals surface area contributed by atoms with Crippen LogP contribution in [0.15, 0.2) is 6.07 Å². The lowest BCUT2D eigenvalue weighted by Crippen LogP contribution is -2.41. The Morgan fingerprint density at radius 2 is 1.92 bits per heavy atom. The second kappa shape index (κ2) is 8.87. The number of hydrogen-bond donors (Lipinski definition) is 1. The van der Waals surface area contributed by atoms with Crippen molar-refractivity contribution in [3.8, 4) is 0 Å². The molecule has 1 aliphatic carbocycles. The van der Waals surface area contributed by atoms with E-state index in [4.69, 9.17) is 9.47 Å². The van der Waals surface area contributed by atoms with E-state index in [1.54, 1.807) is 38.3 Å². The van der Waals surface area contributed by atoms with Gasteiger partial charge in [-0.3, -0.25) is 9.59 Å². The zero-order chi connectivity index (χ0) is 19.3. The Balaban J connectivity index is 1.94. The van der Waals surface area contributed by atoms with Crippen molar-refractivity contribution in [1.29, 1.82) is 0 Å². The second-order valence-corrected chi connectivity index (χ2v) is 6.71. The Bertz CT molecular complexity index is 674. The van der Waals surface area contributed by atoms with Crippen molar-refractivity contribution in [3.63, 3.8) is 0 Å². The van der Waals surface area contributed by atoms with Crippen LogP contribution in [0.5, 0.6) is 0 Å². The van der Waals surface area contributed by atoms with Gasteiger partial charge in [-0.05, 0) is 46.6 Å². The quantitative estimate of drug-likeness (QED) is 0.750. The molecule has 1 aromatic rings. The molecule has 1 fully saturated rings. The van der Waals surface area contributed by atoms with Gasteiger partial charge in [0, 0.05) is 17.4 Å². The predicted molar refractivity (Wildman–Crippen MR) is 95.8 cm³/mol. The van der Waals surface area contributed by atoms with Gasteiger partial charge in [-0.15, -0.1) is 0 Å². The van der Waals surface area contributed by atoms with Crippen molar-refractivity contribution >= 4 is 17.8 Å². The van der Waals surface area contributed by atoms with Crippen molar-refractivity contribution in [1.82, 2.24) is 9.88 Å². The molecule has 1 aliphatic rings. The van der Waals surface area contributed by atoms with Crippen LogP contribution in [0.1, 0.15) is 61.3 Å². The molecule has 1 N–H and O–H groups in total. The fourth-order valence-corrected chi connectivity index (χ4v) is 3.27. The summed E-state index contributed by atoms with van der Waals surface area (Å²) in [4.78, 5) is 36.3. The van der Waals surface area contributed by atoms with Gasteiger partial charge in [0.25, 0.3) is 5.91 Å². The number of carbonyl (C=O) groups is 3. The molecule has 1 amide bonds. The number of ether oxygens (including phenoxy) is 2. The maximum Gasteiger partial charge on any atom is 0.339 e. The summed E-state index contributed by atoms with van der Waals surface area (Å²) in [5, 5.41) is 2.92. The molecule has 7 heteroatoms. The van der Waals surface area contributed by atoms with Gasteiger partial charge in [0.15, 0.2) is 6.10 Å². The highest BCUT2D eigenvalue weighted by molar-refractivity contribution is 5.91. The first-order valence-corrected chi connectivity index (χ1v) is 9.17. The van der Waals surface area contributed by atoms with Crippen molar-refractivity contribution in [2.24, 2.45) is 0 Å². The van der Waals surface area contributed by atoms with Crippen LogP contribution >= 0.6 is 0 Å². The summed E-state index contributed by atoms with van der Waals surface area (Å²) in [5.74, 6) is -1.20. The van der Waals surface area contributed by atoms with E-state index in [-0.39, 0.29) is 25.1 Å². The number of amides is 1. The average molecular weight is 364 g/mol. The number of rotatable bonds is 7. The Morgan fingerprint density at radius 1 is 1.27 bits per heavy atom. The van der Waals surface area contributed by atoms with Crippen LogP contribution < -0.4 is 5.32 Å². The van der Waals surface area contributed by atoms with E-state index in [0.717, 1.165) is 31.4 Å². The Morgan fingerprint density at radius 3 is 2.54 bits per heavy atom. The maximum absolute atomic E-state index is 12.2. The molecule has 1 atom stereocenters. The third kappa shape index (κ3) is 4.86. The largest absolute Gasteiger partial charge is 0.462 e. The maximum atomic E-state index is 12.2. The summed E-state index contributed by atoms with van der Waals surface area (Å²) < 4.78 is 12.0. The number of esters is 2. The molecule has 1 saturated carbocycles. The van der Waals surface area contributed by atoms with Crippen LogP contribution in [-0.2, 0) is 25.6 Å². The predicted octanol–water partition coefficient (Wildman–Crippen LogP) is 2.27. The Kier molecular flexibility index (Phi) is 6.83. The molecular formula is C19H28N2O5. The first kappa shape index (κ1) is 20.0. The Labute approximate surface area is 154 Å². The number of aryl methyl sites for hydroxylation is 1. The van der Waals surface area contributed by atoms with Gasteiger partial charge in [-0.1, -0.05) is 12.8 Å². The normalized spacial score (nSPS) is 15.5. The van der Waals surface area contributed by atoms with Gasteiger partial charge in [-0.2, -0.15) is 0 Å². The molecule has 0 bridgehead atoms. The summed E-state index contributed by atoms with van der Waals surface area (Å²) in [6, 6.07) is 1.88. The molecule has 0 aliphatic heterocycles. The molecule has 0 radical (unpaired) electrons. The molecule has 0 saturated heterocycles. The zero-order valence-corrected chi connectivity index (χ0v) is 16.0. The fourth-order valence-electron chi connectivity index (χ4n) is 3.27. The standard InChI is InChI=1S/C19H28N2O5/c1-5-25-19(24)16-10-12(2)21(13(16)3)11-17(22)26-14(4)18(23)20-15-8-6-7-9-15/h10,14-15H,5-9,11H2,1-4H3,(H,20,23). The minimum absolute atomic E-state index is 0.0574. The van der Waals surface area contributed by atoms with Crippen LogP contribution in [0.25, 0.3) is 0 Å². The van der Waals surface area contributed by atoms with E-state index in [9.17, 15) is 14.4 Å². The number of hydrogen-bond acceptors (Lipinski definition) is 5. The van der Waals surface area contributed by atoms with Gasteiger partial charge in [0.1, 0.15) is 6.54 Å². The van der Waals surface area contributed by atoms with Gasteiger partial charge < -0.3 is 19.4 Å². The lowest BCUT2D eigenvalue weighted by Gasteiger charge is -2.18. The topological polar surface area (TPSA) is 86.6 Å². The van der Waals surface area contributed by atoms with Crippen molar-refractivity contribution in [2.45, 2.75) is 72.1 Å². The van der Waals surface area contributed by atoms with Crippen LogP contribution in [0.2, 0.25) is 0 Å². The third-order valence-corrected chi connectivity index (χ3v) is 4.74. The molecule has 1 aromatic heterocycles. The van der Waals surface area contributed by atoms with Gasteiger partial charge >= 0.3 is 11.9 Å². The molecule has 2 rings (SSSR count). The highest BCUT2D eigenvalue weighted by atomic mass is 16.5. The van der Waals surface area contributed by atoms with Crippen LogP contribution in [0.4, 0.5) is 0 Å². The van der Waals surface area contributed by atoms with E-state index in [2.05, 4.69) is 5.32 Å². The second-order valence-electron chi connectivity index (χ2n) is 6.71. The van der Waals surface area contributed by atoms with Crippen molar-refractivity contribution in [2.75, 3.05) is 6.61 Å². The lowest BCUT2D eigenvalue weighted by molar-refractivity contribution is -0.155.